The number of aromatic nitrogens is 4. The predicted molar refractivity (Wildman–Crippen MR) is 121 cm³/mol. The fourth-order valence-corrected chi connectivity index (χ4v) is 3.96. The average Bonchev–Trinajstić information content (AvgIpc) is 2.76. The smallest absolute Gasteiger partial charge is 0.333 e. The number of aryl methyl sites for hydroxylation is 1. The maximum atomic E-state index is 13.4. The Balaban J connectivity index is 1.80. The molecule has 31 heavy (non-hydrogen) atoms. The van der Waals surface area contributed by atoms with Gasteiger partial charge in [-0.15, -0.1) is 5.92 Å². The molecular formula is C23H26N6O2. The number of para-hydroxylation sites is 2. The molecule has 4 rings (SSSR count). The van der Waals surface area contributed by atoms with Gasteiger partial charge in [-0.3, -0.25) is 13.9 Å². The van der Waals surface area contributed by atoms with Gasteiger partial charge in [-0.1, -0.05) is 18.1 Å². The average molecular weight is 419 g/mol. The summed E-state index contributed by atoms with van der Waals surface area (Å²) in [5.74, 6) is 6.36. The van der Waals surface area contributed by atoms with Gasteiger partial charge in [0.25, 0.3) is 5.56 Å². The largest absolute Gasteiger partial charge is 0.356 e. The number of piperidine rings is 1. The highest BCUT2D eigenvalue weighted by molar-refractivity contribution is 5.74. The summed E-state index contributed by atoms with van der Waals surface area (Å²) in [6, 6.07) is 9.08. The van der Waals surface area contributed by atoms with Crippen LogP contribution in [0.3, 0.4) is 0 Å². The molecule has 8 nitrogen and oxygen atoms in total. The normalized spacial score (nSPS) is 16.2. The zero-order valence-electron chi connectivity index (χ0n) is 17.8. The standard InChI is InChI=1S/C23H26N6O2/c1-3-4-12-28-21(27-11-7-8-17(24)14-27)13-22(30)29(23(28)31)15-20-16(2)25-18-9-5-6-10-19(18)26-20/h5-6,9-10,13,17H,7-8,11-12,14-15,24H2,1-2H3/t17-/m1/s1. The van der Waals surface area contributed by atoms with Gasteiger partial charge in [-0.2, -0.15) is 0 Å². The van der Waals surface area contributed by atoms with Crippen molar-refractivity contribution in [1.29, 1.82) is 0 Å². The van der Waals surface area contributed by atoms with E-state index in [1.165, 1.54) is 10.6 Å². The molecule has 0 amide bonds. The van der Waals surface area contributed by atoms with Crippen LogP contribution in [0.15, 0.2) is 39.9 Å². The van der Waals surface area contributed by atoms with Gasteiger partial charge in [-0.05, 0) is 38.8 Å². The monoisotopic (exact) mass is 418 g/mol. The van der Waals surface area contributed by atoms with Crippen LogP contribution in [0.4, 0.5) is 5.82 Å². The van der Waals surface area contributed by atoms with Crippen molar-refractivity contribution in [3.8, 4) is 11.8 Å². The number of rotatable bonds is 4. The number of benzene rings is 1. The van der Waals surface area contributed by atoms with Crippen LogP contribution in [-0.4, -0.2) is 38.2 Å². The van der Waals surface area contributed by atoms with Gasteiger partial charge in [0.15, 0.2) is 0 Å². The molecule has 0 aliphatic carbocycles. The van der Waals surface area contributed by atoms with E-state index in [0.29, 0.717) is 23.8 Å². The van der Waals surface area contributed by atoms with Crippen LogP contribution >= 0.6 is 0 Å². The van der Waals surface area contributed by atoms with Crippen molar-refractivity contribution < 1.29 is 0 Å². The van der Waals surface area contributed by atoms with Gasteiger partial charge in [0.2, 0.25) is 0 Å². The van der Waals surface area contributed by atoms with Gasteiger partial charge < -0.3 is 10.6 Å². The highest BCUT2D eigenvalue weighted by atomic mass is 16.2. The van der Waals surface area contributed by atoms with Crippen LogP contribution in [0, 0.1) is 18.8 Å². The molecule has 1 aliphatic heterocycles. The molecule has 1 atom stereocenters. The molecule has 1 fully saturated rings. The lowest BCUT2D eigenvalue weighted by Gasteiger charge is -2.33. The fourth-order valence-electron chi connectivity index (χ4n) is 3.96. The van der Waals surface area contributed by atoms with Gasteiger partial charge in [0.05, 0.1) is 35.5 Å². The van der Waals surface area contributed by atoms with Crippen LogP contribution in [0.1, 0.15) is 31.2 Å². The van der Waals surface area contributed by atoms with Gasteiger partial charge in [0.1, 0.15) is 5.82 Å². The Morgan fingerprint density at radius 3 is 2.61 bits per heavy atom. The van der Waals surface area contributed by atoms with E-state index in [9.17, 15) is 9.59 Å². The molecule has 1 saturated heterocycles. The van der Waals surface area contributed by atoms with Crippen molar-refractivity contribution >= 4 is 16.9 Å². The Kier molecular flexibility index (Phi) is 5.87. The lowest BCUT2D eigenvalue weighted by atomic mass is 10.1. The number of hydrogen-bond acceptors (Lipinski definition) is 6. The minimum Gasteiger partial charge on any atom is -0.356 e. The Morgan fingerprint density at radius 2 is 1.90 bits per heavy atom. The lowest BCUT2D eigenvalue weighted by Crippen LogP contribution is -2.48. The highest BCUT2D eigenvalue weighted by Gasteiger charge is 2.22. The second-order valence-corrected chi connectivity index (χ2v) is 7.82. The molecule has 3 heterocycles. The van der Waals surface area contributed by atoms with E-state index in [1.54, 1.807) is 11.5 Å². The number of hydrogen-bond donors (Lipinski definition) is 1. The van der Waals surface area contributed by atoms with Crippen molar-refractivity contribution in [2.75, 3.05) is 18.0 Å². The summed E-state index contributed by atoms with van der Waals surface area (Å²) in [4.78, 5) is 37.6. The number of fused-ring (bicyclic) bond motifs is 1. The molecule has 8 heteroatoms. The van der Waals surface area contributed by atoms with Crippen LogP contribution in [0.2, 0.25) is 0 Å². The van der Waals surface area contributed by atoms with Crippen molar-refractivity contribution in [1.82, 2.24) is 19.1 Å². The second kappa shape index (κ2) is 8.74. The molecule has 1 aromatic carbocycles. The summed E-state index contributed by atoms with van der Waals surface area (Å²) in [7, 11) is 0. The minimum atomic E-state index is -0.404. The van der Waals surface area contributed by atoms with Crippen LogP contribution in [0.25, 0.3) is 11.0 Å². The fraction of sp³-hybridized carbons (Fsp3) is 0.391. The molecule has 160 valence electrons. The van der Waals surface area contributed by atoms with Crippen LogP contribution in [0.5, 0.6) is 0 Å². The number of anilines is 1. The SMILES string of the molecule is CC#CCn1c(N2CCC[C@@H](N)C2)cc(=O)n(Cc2nc3ccccc3nc2C)c1=O. The van der Waals surface area contributed by atoms with Gasteiger partial charge >= 0.3 is 5.69 Å². The predicted octanol–water partition coefficient (Wildman–Crippen LogP) is 1.26. The van der Waals surface area contributed by atoms with Crippen LogP contribution < -0.4 is 21.9 Å². The first-order valence-corrected chi connectivity index (χ1v) is 10.4. The maximum Gasteiger partial charge on any atom is 0.333 e. The minimum absolute atomic E-state index is 0.0208. The molecule has 3 aromatic rings. The van der Waals surface area contributed by atoms with E-state index in [1.807, 2.05) is 36.1 Å². The Bertz CT molecular complexity index is 1300. The summed E-state index contributed by atoms with van der Waals surface area (Å²) in [5, 5.41) is 0. The van der Waals surface area contributed by atoms with Crippen molar-refractivity contribution in [2.45, 2.75) is 45.8 Å². The third-order valence-corrected chi connectivity index (χ3v) is 5.60. The summed E-state index contributed by atoms with van der Waals surface area (Å²) < 4.78 is 2.76. The molecule has 2 N–H and O–H groups in total. The van der Waals surface area contributed by atoms with E-state index >= 15 is 0 Å². The summed E-state index contributed by atoms with van der Waals surface area (Å²) in [6.07, 6.45) is 1.86. The topological polar surface area (TPSA) is 99.0 Å². The highest BCUT2D eigenvalue weighted by Crippen LogP contribution is 2.17. The molecule has 0 saturated carbocycles. The molecule has 2 aromatic heterocycles. The molecule has 0 spiro atoms. The zero-order valence-corrected chi connectivity index (χ0v) is 17.8. The van der Waals surface area contributed by atoms with Crippen molar-refractivity contribution in [3.63, 3.8) is 0 Å². The van der Waals surface area contributed by atoms with E-state index < -0.39 is 5.69 Å². The molecular weight excluding hydrogens is 392 g/mol. The first-order valence-electron chi connectivity index (χ1n) is 10.4. The zero-order chi connectivity index (χ0) is 22.0. The van der Waals surface area contributed by atoms with Crippen molar-refractivity contribution in [3.05, 3.63) is 62.6 Å². The molecule has 1 aliphatic rings. The quantitative estimate of drug-likeness (QED) is 0.641. The first kappa shape index (κ1) is 20.8. The van der Waals surface area contributed by atoms with Gasteiger partial charge in [0, 0.05) is 25.2 Å². The summed E-state index contributed by atoms with van der Waals surface area (Å²) >= 11 is 0. The Labute approximate surface area is 180 Å². The van der Waals surface area contributed by atoms with E-state index in [-0.39, 0.29) is 24.7 Å². The van der Waals surface area contributed by atoms with Crippen LogP contribution in [-0.2, 0) is 13.1 Å². The van der Waals surface area contributed by atoms with Crippen molar-refractivity contribution in [2.24, 2.45) is 5.73 Å². The summed E-state index contributed by atoms with van der Waals surface area (Å²) in [6.45, 7) is 5.19. The van der Waals surface area contributed by atoms with Gasteiger partial charge in [-0.25, -0.2) is 14.8 Å². The van der Waals surface area contributed by atoms with E-state index in [4.69, 9.17) is 5.73 Å². The third kappa shape index (κ3) is 4.23. The Hall–Kier alpha value is -3.44. The molecule has 0 bridgehead atoms. The molecule has 0 radical (unpaired) electrons. The van der Waals surface area contributed by atoms with E-state index in [0.717, 1.165) is 30.4 Å². The lowest BCUT2D eigenvalue weighted by molar-refractivity contribution is 0.491. The number of nitrogens with two attached hydrogens (primary N) is 1. The molecule has 0 unspecified atom stereocenters. The maximum absolute atomic E-state index is 13.4. The second-order valence-electron chi connectivity index (χ2n) is 7.82. The number of nitrogens with zero attached hydrogens (tertiary/aromatic N) is 5. The first-order chi connectivity index (χ1) is 15.0. The summed E-state index contributed by atoms with van der Waals surface area (Å²) in [5.41, 5.74) is 8.15. The van der Waals surface area contributed by atoms with E-state index in [2.05, 4.69) is 21.8 Å². The third-order valence-electron chi connectivity index (χ3n) is 5.60. The Morgan fingerprint density at radius 1 is 1.16 bits per heavy atom.